The Morgan fingerprint density at radius 2 is 1.93 bits per heavy atom. The molecule has 3 rings (SSSR count). The highest BCUT2D eigenvalue weighted by molar-refractivity contribution is 7.89. The second kappa shape index (κ2) is 8.67. The summed E-state index contributed by atoms with van der Waals surface area (Å²) in [6.45, 7) is 3.67. The van der Waals surface area contributed by atoms with E-state index in [0.29, 0.717) is 39.0 Å². The molecule has 1 aliphatic rings. The molecule has 1 aliphatic heterocycles. The normalized spacial score (nSPS) is 16.3. The Morgan fingerprint density at radius 3 is 2.56 bits per heavy atom. The Labute approximate surface area is 160 Å². The smallest absolute Gasteiger partial charge is 0.223 e. The van der Waals surface area contributed by atoms with E-state index >= 15 is 0 Å². The first kappa shape index (κ1) is 19.6. The number of nitrogens with one attached hydrogen (secondary N) is 1. The number of aromatic nitrogens is 2. The Kier molecular flexibility index (Phi) is 6.28. The molecule has 1 N–H and O–H groups in total. The van der Waals surface area contributed by atoms with E-state index in [4.69, 9.17) is 0 Å². The highest BCUT2D eigenvalue weighted by atomic mass is 32.2. The molecule has 8 heteroatoms. The molecule has 0 aliphatic carbocycles. The minimum absolute atomic E-state index is 0.000908. The van der Waals surface area contributed by atoms with Gasteiger partial charge in [-0.05, 0) is 30.9 Å². The number of benzene rings is 1. The van der Waals surface area contributed by atoms with E-state index < -0.39 is 10.0 Å². The minimum atomic E-state index is -3.16. The molecule has 0 unspecified atom stereocenters. The molecule has 146 valence electrons. The lowest BCUT2D eigenvalue weighted by atomic mass is 9.97. The summed E-state index contributed by atoms with van der Waals surface area (Å²) in [6, 6.07) is 8.02. The fourth-order valence-electron chi connectivity index (χ4n) is 3.37. The monoisotopic (exact) mass is 390 g/mol. The van der Waals surface area contributed by atoms with Crippen LogP contribution in [0.5, 0.6) is 0 Å². The Bertz CT molecular complexity index is 857. The van der Waals surface area contributed by atoms with Crippen LogP contribution in [0.2, 0.25) is 0 Å². The Balaban J connectivity index is 1.54. The van der Waals surface area contributed by atoms with Gasteiger partial charge < -0.3 is 9.88 Å². The van der Waals surface area contributed by atoms with Gasteiger partial charge in [0, 0.05) is 44.5 Å². The topological polar surface area (TPSA) is 84.3 Å². The quantitative estimate of drug-likeness (QED) is 0.778. The van der Waals surface area contributed by atoms with Crippen molar-refractivity contribution in [2.75, 3.05) is 18.8 Å². The molecule has 0 spiro atoms. The third-order valence-corrected chi connectivity index (χ3v) is 6.95. The molecule has 1 aromatic carbocycles. The van der Waals surface area contributed by atoms with Crippen molar-refractivity contribution in [2.45, 2.75) is 32.9 Å². The third kappa shape index (κ3) is 4.95. The van der Waals surface area contributed by atoms with E-state index in [-0.39, 0.29) is 17.6 Å². The Morgan fingerprint density at radius 1 is 1.22 bits per heavy atom. The molecule has 0 saturated carbocycles. The van der Waals surface area contributed by atoms with E-state index in [1.807, 2.05) is 29.0 Å². The molecule has 0 radical (unpaired) electrons. The maximum absolute atomic E-state index is 12.5. The van der Waals surface area contributed by atoms with Gasteiger partial charge in [0.05, 0.1) is 12.1 Å². The van der Waals surface area contributed by atoms with Crippen molar-refractivity contribution in [1.82, 2.24) is 19.2 Å². The maximum atomic E-state index is 12.5. The molecule has 0 bridgehead atoms. The van der Waals surface area contributed by atoms with Crippen molar-refractivity contribution in [3.8, 4) is 0 Å². The number of nitrogens with zero attached hydrogens (tertiary/aromatic N) is 3. The Hall–Kier alpha value is -2.19. The van der Waals surface area contributed by atoms with Crippen LogP contribution < -0.4 is 5.32 Å². The van der Waals surface area contributed by atoms with Crippen molar-refractivity contribution in [3.05, 3.63) is 54.1 Å². The number of piperidine rings is 1. The summed E-state index contributed by atoms with van der Waals surface area (Å²) < 4.78 is 27.3. The van der Waals surface area contributed by atoms with Crippen LogP contribution in [0, 0.1) is 5.92 Å². The second-order valence-electron chi connectivity index (χ2n) is 6.80. The highest BCUT2D eigenvalue weighted by Crippen LogP contribution is 2.20. The predicted molar refractivity (Wildman–Crippen MR) is 103 cm³/mol. The van der Waals surface area contributed by atoms with Crippen LogP contribution in [-0.4, -0.2) is 47.0 Å². The number of amides is 1. The van der Waals surface area contributed by atoms with Crippen LogP contribution >= 0.6 is 0 Å². The number of carbonyl (C=O) groups excluding carboxylic acids is 1. The van der Waals surface area contributed by atoms with Crippen LogP contribution in [0.4, 0.5) is 0 Å². The van der Waals surface area contributed by atoms with Gasteiger partial charge in [0.2, 0.25) is 15.9 Å². The first-order chi connectivity index (χ1) is 13.0. The highest BCUT2D eigenvalue weighted by Gasteiger charge is 2.30. The molecule has 1 fully saturated rings. The fourth-order valence-corrected chi connectivity index (χ4v) is 4.50. The number of carbonyl (C=O) groups is 1. The lowest BCUT2D eigenvalue weighted by Gasteiger charge is -2.30. The zero-order valence-corrected chi connectivity index (χ0v) is 16.4. The summed E-state index contributed by atoms with van der Waals surface area (Å²) in [5.74, 6) is -0.0208. The van der Waals surface area contributed by atoms with Crippen molar-refractivity contribution < 1.29 is 13.2 Å². The van der Waals surface area contributed by atoms with Crippen molar-refractivity contribution in [1.29, 1.82) is 0 Å². The zero-order valence-electron chi connectivity index (χ0n) is 15.5. The zero-order chi connectivity index (χ0) is 19.3. The number of imidazole rings is 1. The van der Waals surface area contributed by atoms with Gasteiger partial charge in [-0.15, -0.1) is 0 Å². The van der Waals surface area contributed by atoms with Gasteiger partial charge in [-0.25, -0.2) is 17.7 Å². The van der Waals surface area contributed by atoms with E-state index in [1.54, 1.807) is 19.4 Å². The molecule has 1 saturated heterocycles. The number of hydrogen-bond acceptors (Lipinski definition) is 4. The molecule has 0 atom stereocenters. The summed E-state index contributed by atoms with van der Waals surface area (Å²) in [5.41, 5.74) is 2.21. The van der Waals surface area contributed by atoms with Gasteiger partial charge in [0.25, 0.3) is 0 Å². The second-order valence-corrected chi connectivity index (χ2v) is 9.05. The molecular weight excluding hydrogens is 364 g/mol. The molecule has 27 heavy (non-hydrogen) atoms. The number of sulfonamides is 1. The summed E-state index contributed by atoms with van der Waals surface area (Å²) in [7, 11) is -3.16. The van der Waals surface area contributed by atoms with Crippen LogP contribution in [0.25, 0.3) is 0 Å². The van der Waals surface area contributed by atoms with Crippen LogP contribution in [-0.2, 0) is 27.9 Å². The molecule has 1 aromatic heterocycles. The van der Waals surface area contributed by atoms with E-state index in [9.17, 15) is 13.2 Å². The minimum Gasteiger partial charge on any atom is -0.352 e. The molecule has 2 aromatic rings. The van der Waals surface area contributed by atoms with Crippen LogP contribution in [0.1, 0.15) is 30.9 Å². The number of rotatable bonds is 7. The third-order valence-electron chi connectivity index (χ3n) is 5.07. The maximum Gasteiger partial charge on any atom is 0.223 e. The van der Waals surface area contributed by atoms with Gasteiger partial charge in [-0.1, -0.05) is 24.3 Å². The van der Waals surface area contributed by atoms with Gasteiger partial charge >= 0.3 is 0 Å². The average molecular weight is 391 g/mol. The molecule has 1 amide bonds. The van der Waals surface area contributed by atoms with Crippen molar-refractivity contribution in [3.63, 3.8) is 0 Å². The largest absolute Gasteiger partial charge is 0.352 e. The summed E-state index contributed by atoms with van der Waals surface area (Å²) in [6.07, 6.45) is 6.57. The van der Waals surface area contributed by atoms with E-state index in [0.717, 1.165) is 11.1 Å². The molecule has 2 heterocycles. The SMILES string of the molecule is CCS(=O)(=O)N1CCC(C(=O)NCc2ccccc2Cn2ccnc2)CC1. The molecular formula is C19H26N4O3S. The van der Waals surface area contributed by atoms with Gasteiger partial charge in [0.1, 0.15) is 0 Å². The standard InChI is InChI=1S/C19H26N4O3S/c1-2-27(25,26)23-10-7-16(8-11-23)19(24)21-13-17-5-3-4-6-18(17)14-22-12-9-20-15-22/h3-6,9,12,15-16H,2,7-8,10-11,13-14H2,1H3,(H,21,24). The predicted octanol–water partition coefficient (Wildman–Crippen LogP) is 1.61. The van der Waals surface area contributed by atoms with Crippen molar-refractivity contribution >= 4 is 15.9 Å². The lowest BCUT2D eigenvalue weighted by Crippen LogP contribution is -2.43. The number of hydrogen-bond donors (Lipinski definition) is 1. The summed E-state index contributed by atoms with van der Waals surface area (Å²) in [5, 5.41) is 3.02. The van der Waals surface area contributed by atoms with Gasteiger partial charge in [-0.3, -0.25) is 4.79 Å². The van der Waals surface area contributed by atoms with E-state index in [2.05, 4.69) is 16.4 Å². The molecule has 7 nitrogen and oxygen atoms in total. The first-order valence-electron chi connectivity index (χ1n) is 9.27. The fraction of sp³-hybridized carbons (Fsp3) is 0.474. The van der Waals surface area contributed by atoms with E-state index in [1.165, 1.54) is 4.31 Å². The van der Waals surface area contributed by atoms with Crippen LogP contribution in [0.3, 0.4) is 0 Å². The van der Waals surface area contributed by atoms with Gasteiger partial charge in [-0.2, -0.15) is 0 Å². The summed E-state index contributed by atoms with van der Waals surface area (Å²) in [4.78, 5) is 16.6. The van der Waals surface area contributed by atoms with Crippen LogP contribution in [0.15, 0.2) is 43.0 Å². The first-order valence-corrected chi connectivity index (χ1v) is 10.9. The van der Waals surface area contributed by atoms with Gasteiger partial charge in [0.15, 0.2) is 0 Å². The lowest BCUT2D eigenvalue weighted by molar-refractivity contribution is -0.126. The van der Waals surface area contributed by atoms with Crippen molar-refractivity contribution in [2.24, 2.45) is 5.92 Å². The summed E-state index contributed by atoms with van der Waals surface area (Å²) >= 11 is 0. The average Bonchev–Trinajstić information content (AvgIpc) is 3.20.